The fourth-order valence-electron chi connectivity index (χ4n) is 1.75. The molecule has 0 aliphatic heterocycles. The molecule has 0 spiro atoms. The monoisotopic (exact) mass is 353 g/mol. The van der Waals surface area contributed by atoms with Crippen molar-refractivity contribution in [3.63, 3.8) is 0 Å². The van der Waals surface area contributed by atoms with E-state index in [1.165, 1.54) is 17.3 Å². The van der Waals surface area contributed by atoms with Gasteiger partial charge in [0.25, 0.3) is 0 Å². The topological polar surface area (TPSA) is 75.9 Å². The lowest BCUT2D eigenvalue weighted by atomic mass is 10.1. The Kier molecular flexibility index (Phi) is 5.22. The second-order valence-electron chi connectivity index (χ2n) is 4.19. The standard InChI is InChI=1S/C13H16BrN5S/c1-8(9-4-3-5-10(14)6-9)16-11-7-12(19-15)18-13(17-11)20-2/h3-8H,15H2,1-2H3,(H2,16,17,18,19). The number of hydrogen-bond acceptors (Lipinski definition) is 6. The van der Waals surface area contributed by atoms with Crippen LogP contribution in [-0.4, -0.2) is 16.2 Å². The second-order valence-corrected chi connectivity index (χ2v) is 5.88. The zero-order valence-corrected chi connectivity index (χ0v) is 13.6. The van der Waals surface area contributed by atoms with Gasteiger partial charge in [-0.05, 0) is 30.9 Å². The van der Waals surface area contributed by atoms with Gasteiger partial charge < -0.3 is 10.7 Å². The largest absolute Gasteiger partial charge is 0.363 e. The van der Waals surface area contributed by atoms with E-state index >= 15 is 0 Å². The summed E-state index contributed by atoms with van der Waals surface area (Å²) in [6, 6.07) is 10.1. The highest BCUT2D eigenvalue weighted by Crippen LogP contribution is 2.23. The number of halogens is 1. The molecule has 0 saturated heterocycles. The van der Waals surface area contributed by atoms with Gasteiger partial charge in [0, 0.05) is 16.6 Å². The van der Waals surface area contributed by atoms with E-state index in [0.717, 1.165) is 10.3 Å². The molecule has 1 aromatic heterocycles. The van der Waals surface area contributed by atoms with Gasteiger partial charge in [-0.3, -0.25) is 0 Å². The van der Waals surface area contributed by atoms with Gasteiger partial charge in [-0.1, -0.05) is 39.8 Å². The van der Waals surface area contributed by atoms with E-state index in [1.54, 1.807) is 6.07 Å². The summed E-state index contributed by atoms with van der Waals surface area (Å²) in [6.45, 7) is 2.08. The van der Waals surface area contributed by atoms with E-state index in [4.69, 9.17) is 5.84 Å². The molecule has 0 fully saturated rings. The van der Waals surface area contributed by atoms with E-state index in [-0.39, 0.29) is 6.04 Å². The summed E-state index contributed by atoms with van der Waals surface area (Å²) in [4.78, 5) is 8.65. The van der Waals surface area contributed by atoms with Gasteiger partial charge in [-0.25, -0.2) is 15.8 Å². The van der Waals surface area contributed by atoms with Crippen LogP contribution >= 0.6 is 27.7 Å². The zero-order valence-electron chi connectivity index (χ0n) is 11.2. The Hall–Kier alpha value is -1.31. The van der Waals surface area contributed by atoms with Crippen LogP contribution in [0.1, 0.15) is 18.5 Å². The Balaban J connectivity index is 2.20. The van der Waals surface area contributed by atoms with E-state index in [9.17, 15) is 0 Å². The molecule has 106 valence electrons. The van der Waals surface area contributed by atoms with E-state index in [0.29, 0.717) is 11.0 Å². The van der Waals surface area contributed by atoms with Crippen LogP contribution in [0.3, 0.4) is 0 Å². The maximum atomic E-state index is 5.42. The van der Waals surface area contributed by atoms with Crippen molar-refractivity contribution in [2.75, 3.05) is 17.0 Å². The van der Waals surface area contributed by atoms with Crippen LogP contribution in [0.15, 0.2) is 40.0 Å². The van der Waals surface area contributed by atoms with Crippen molar-refractivity contribution >= 4 is 39.3 Å². The summed E-state index contributed by atoms with van der Waals surface area (Å²) in [5, 5.41) is 4.02. The van der Waals surface area contributed by atoms with Gasteiger partial charge in [-0.15, -0.1) is 0 Å². The molecule has 1 atom stereocenters. The molecule has 4 N–H and O–H groups in total. The van der Waals surface area contributed by atoms with Gasteiger partial charge in [0.1, 0.15) is 11.6 Å². The van der Waals surface area contributed by atoms with E-state index < -0.39 is 0 Å². The quantitative estimate of drug-likeness (QED) is 0.331. The summed E-state index contributed by atoms with van der Waals surface area (Å²) in [5.41, 5.74) is 3.72. The molecule has 1 aromatic carbocycles. The number of benzene rings is 1. The predicted octanol–water partition coefficient (Wildman–Crippen LogP) is 3.42. The predicted molar refractivity (Wildman–Crippen MR) is 87.8 cm³/mol. The van der Waals surface area contributed by atoms with Crippen molar-refractivity contribution in [1.82, 2.24) is 9.97 Å². The molecule has 2 rings (SSSR count). The lowest BCUT2D eigenvalue weighted by molar-refractivity contribution is 0.855. The van der Waals surface area contributed by atoms with E-state index in [2.05, 4.69) is 55.7 Å². The molecule has 1 heterocycles. The highest BCUT2D eigenvalue weighted by Gasteiger charge is 2.09. The Morgan fingerprint density at radius 2 is 2.00 bits per heavy atom. The van der Waals surface area contributed by atoms with Crippen LogP contribution in [0.5, 0.6) is 0 Å². The van der Waals surface area contributed by atoms with Crippen LogP contribution in [0.2, 0.25) is 0 Å². The van der Waals surface area contributed by atoms with Gasteiger partial charge in [0.15, 0.2) is 5.16 Å². The third-order valence-corrected chi connectivity index (χ3v) is 3.79. The number of nitrogens with two attached hydrogens (primary N) is 1. The average molecular weight is 354 g/mol. The molecular weight excluding hydrogens is 338 g/mol. The highest BCUT2D eigenvalue weighted by atomic mass is 79.9. The summed E-state index contributed by atoms with van der Waals surface area (Å²) in [5.74, 6) is 6.75. The molecule has 1 unspecified atom stereocenters. The number of anilines is 2. The van der Waals surface area contributed by atoms with Crippen LogP contribution < -0.4 is 16.6 Å². The Morgan fingerprint density at radius 3 is 2.65 bits per heavy atom. The summed E-state index contributed by atoms with van der Waals surface area (Å²) in [6.07, 6.45) is 1.93. The van der Waals surface area contributed by atoms with Crippen molar-refractivity contribution in [3.8, 4) is 0 Å². The maximum absolute atomic E-state index is 5.42. The third-order valence-electron chi connectivity index (χ3n) is 2.75. The Bertz CT molecular complexity index is 570. The van der Waals surface area contributed by atoms with E-state index in [1.807, 2.05) is 18.4 Å². The lowest BCUT2D eigenvalue weighted by Crippen LogP contribution is -2.12. The van der Waals surface area contributed by atoms with Gasteiger partial charge >= 0.3 is 0 Å². The number of hydrogen-bond donors (Lipinski definition) is 3. The van der Waals surface area contributed by atoms with Gasteiger partial charge in [0.05, 0.1) is 0 Å². The zero-order chi connectivity index (χ0) is 14.5. The smallest absolute Gasteiger partial charge is 0.191 e. The first-order valence-corrected chi connectivity index (χ1v) is 8.06. The molecule has 0 radical (unpaired) electrons. The summed E-state index contributed by atoms with van der Waals surface area (Å²) < 4.78 is 1.06. The first-order chi connectivity index (χ1) is 9.62. The highest BCUT2D eigenvalue weighted by molar-refractivity contribution is 9.10. The van der Waals surface area contributed by atoms with Crippen LogP contribution in [0, 0.1) is 0 Å². The first kappa shape index (κ1) is 15.1. The van der Waals surface area contributed by atoms with Crippen LogP contribution in [0.25, 0.3) is 0 Å². The number of rotatable bonds is 5. The third kappa shape index (κ3) is 3.84. The fourth-order valence-corrected chi connectivity index (χ4v) is 2.54. The lowest BCUT2D eigenvalue weighted by Gasteiger charge is -2.16. The number of thioether (sulfide) groups is 1. The van der Waals surface area contributed by atoms with Gasteiger partial charge in [-0.2, -0.15) is 0 Å². The molecule has 0 bridgehead atoms. The van der Waals surface area contributed by atoms with Crippen molar-refractivity contribution in [3.05, 3.63) is 40.4 Å². The molecule has 5 nitrogen and oxygen atoms in total. The molecule has 0 aliphatic rings. The minimum atomic E-state index is 0.128. The number of nitrogens with one attached hydrogen (secondary N) is 2. The van der Waals surface area contributed by atoms with Crippen molar-refractivity contribution < 1.29 is 0 Å². The normalized spacial score (nSPS) is 12.0. The average Bonchev–Trinajstić information content (AvgIpc) is 2.46. The minimum Gasteiger partial charge on any atom is -0.363 e. The van der Waals surface area contributed by atoms with Gasteiger partial charge in [0.2, 0.25) is 0 Å². The number of aromatic nitrogens is 2. The molecular formula is C13H16BrN5S. The molecule has 0 amide bonds. The van der Waals surface area contributed by atoms with Crippen molar-refractivity contribution in [2.24, 2.45) is 5.84 Å². The van der Waals surface area contributed by atoms with Crippen LogP contribution in [0.4, 0.5) is 11.6 Å². The first-order valence-electron chi connectivity index (χ1n) is 6.04. The minimum absolute atomic E-state index is 0.128. The summed E-state index contributed by atoms with van der Waals surface area (Å²) in [7, 11) is 0. The number of nitrogen functional groups attached to an aromatic ring is 1. The SMILES string of the molecule is CSc1nc(NN)cc(NC(C)c2cccc(Br)c2)n1. The number of hydrazine groups is 1. The maximum Gasteiger partial charge on any atom is 0.191 e. The van der Waals surface area contributed by atoms with Crippen LogP contribution in [-0.2, 0) is 0 Å². The molecule has 2 aromatic rings. The second kappa shape index (κ2) is 6.92. The Labute approximate surface area is 130 Å². The Morgan fingerprint density at radius 1 is 1.25 bits per heavy atom. The van der Waals surface area contributed by atoms with Crippen molar-refractivity contribution in [2.45, 2.75) is 18.1 Å². The molecule has 20 heavy (non-hydrogen) atoms. The molecule has 0 saturated carbocycles. The van der Waals surface area contributed by atoms with Crippen molar-refractivity contribution in [1.29, 1.82) is 0 Å². The fraction of sp³-hybridized carbons (Fsp3) is 0.231. The number of nitrogens with zero attached hydrogens (tertiary/aromatic N) is 2. The summed E-state index contributed by atoms with van der Waals surface area (Å²) >= 11 is 4.95. The molecule has 7 heteroatoms. The molecule has 0 aliphatic carbocycles.